The zero-order valence-corrected chi connectivity index (χ0v) is 24.3. The average Bonchev–Trinajstić information content (AvgIpc) is 3.24. The van der Waals surface area contributed by atoms with Gasteiger partial charge in [-0.3, -0.25) is 15.1 Å². The number of carbonyl (C=O) groups excluding carboxylic acids is 3. The van der Waals surface area contributed by atoms with Crippen molar-refractivity contribution in [2.75, 3.05) is 45.7 Å². The molecular formula is C27H41N5O5S. The molecule has 0 atom stereocenters. The van der Waals surface area contributed by atoms with Gasteiger partial charge in [-0.1, -0.05) is 6.07 Å². The second-order valence-corrected chi connectivity index (χ2v) is 11.2. The first-order valence-corrected chi connectivity index (χ1v) is 13.6. The molecule has 0 spiro atoms. The van der Waals surface area contributed by atoms with Crippen molar-refractivity contribution in [3.05, 3.63) is 45.9 Å². The van der Waals surface area contributed by atoms with Crippen LogP contribution in [-0.4, -0.2) is 84.7 Å². The van der Waals surface area contributed by atoms with Crippen LogP contribution < -0.4 is 10.6 Å². The van der Waals surface area contributed by atoms with E-state index in [4.69, 9.17) is 9.47 Å². The Balaban J connectivity index is 1.99. The van der Waals surface area contributed by atoms with Gasteiger partial charge in [0.25, 0.3) is 0 Å². The zero-order valence-electron chi connectivity index (χ0n) is 23.5. The Kier molecular flexibility index (Phi) is 12.1. The zero-order chi connectivity index (χ0) is 28.3. The van der Waals surface area contributed by atoms with E-state index in [1.807, 2.05) is 44.3 Å². The summed E-state index contributed by atoms with van der Waals surface area (Å²) in [4.78, 5) is 45.9. The molecule has 11 heteroatoms. The second kappa shape index (κ2) is 14.8. The number of ether oxygens (including phenoxy) is 2. The number of anilines is 1. The molecule has 2 rings (SSSR count). The van der Waals surface area contributed by atoms with Gasteiger partial charge in [0.15, 0.2) is 5.78 Å². The molecule has 2 N–H and O–H groups in total. The van der Waals surface area contributed by atoms with E-state index in [1.165, 1.54) is 11.3 Å². The van der Waals surface area contributed by atoms with E-state index in [9.17, 15) is 14.4 Å². The molecular weight excluding hydrogens is 506 g/mol. The maximum Gasteiger partial charge on any atom is 0.412 e. The monoisotopic (exact) mass is 547 g/mol. The number of ketones is 1. The van der Waals surface area contributed by atoms with Crippen molar-refractivity contribution >= 4 is 34.9 Å². The van der Waals surface area contributed by atoms with Gasteiger partial charge in [-0.15, -0.1) is 11.3 Å². The molecule has 0 aromatic carbocycles. The molecule has 0 saturated carbocycles. The summed E-state index contributed by atoms with van der Waals surface area (Å²) in [6.45, 7) is 11.7. The van der Waals surface area contributed by atoms with E-state index < -0.39 is 11.7 Å². The maximum absolute atomic E-state index is 12.9. The molecule has 0 saturated heterocycles. The van der Waals surface area contributed by atoms with Gasteiger partial charge in [0, 0.05) is 44.2 Å². The lowest BCUT2D eigenvalue weighted by Crippen LogP contribution is -2.43. The molecule has 0 aliphatic heterocycles. The summed E-state index contributed by atoms with van der Waals surface area (Å²) >= 11 is 1.39. The molecule has 0 unspecified atom stereocenters. The number of nitrogens with one attached hydrogen (secondary N) is 2. The highest BCUT2D eigenvalue weighted by Gasteiger charge is 2.19. The first-order chi connectivity index (χ1) is 17.8. The topological polar surface area (TPSA) is 113 Å². The first kappa shape index (κ1) is 31.2. The van der Waals surface area contributed by atoms with Crippen molar-refractivity contribution in [2.45, 2.75) is 59.3 Å². The van der Waals surface area contributed by atoms with Crippen LogP contribution in [0.2, 0.25) is 0 Å². The lowest BCUT2D eigenvalue weighted by molar-refractivity contribution is 0.0635. The third kappa shape index (κ3) is 11.6. The lowest BCUT2D eigenvalue weighted by Gasteiger charge is -2.25. The summed E-state index contributed by atoms with van der Waals surface area (Å²) in [6, 6.07) is 3.30. The number of rotatable bonds is 13. The number of Topliss-reactive ketones (excluding diaryl/α,β-unsaturated/α-hetero) is 1. The second-order valence-electron chi connectivity index (χ2n) is 10.5. The molecule has 2 aromatic rings. The van der Waals surface area contributed by atoms with E-state index in [0.717, 1.165) is 5.56 Å². The van der Waals surface area contributed by atoms with Gasteiger partial charge in [-0.05, 0) is 71.3 Å². The number of urea groups is 1. The third-order valence-corrected chi connectivity index (χ3v) is 5.94. The molecule has 38 heavy (non-hydrogen) atoms. The minimum Gasteiger partial charge on any atom is -0.444 e. The van der Waals surface area contributed by atoms with Gasteiger partial charge in [0.05, 0.1) is 18.4 Å². The van der Waals surface area contributed by atoms with Crippen LogP contribution in [0.3, 0.4) is 0 Å². The first-order valence-electron chi connectivity index (χ1n) is 12.7. The normalized spacial score (nSPS) is 11.5. The van der Waals surface area contributed by atoms with E-state index >= 15 is 0 Å². The van der Waals surface area contributed by atoms with Crippen molar-refractivity contribution in [1.29, 1.82) is 0 Å². The Morgan fingerprint density at radius 3 is 2.45 bits per heavy atom. The Morgan fingerprint density at radius 1 is 1.11 bits per heavy atom. The number of hydrogen-bond acceptors (Lipinski definition) is 8. The number of likely N-dealkylation sites (N-methyl/N-ethyl adjacent to an activating group) is 1. The average molecular weight is 548 g/mol. The predicted octanol–water partition coefficient (Wildman–Crippen LogP) is 4.41. The Labute approximate surface area is 229 Å². The number of thiophene rings is 1. The summed E-state index contributed by atoms with van der Waals surface area (Å²) in [5.74, 6) is -0.172. The standard InChI is InChI=1S/C27H41N5O5S/c1-19(2)36-13-10-28-25(34)32(12-11-31(6)7)16-20-8-9-22(29-15-20)24(33)14-21-17-38-18-23(21)30-26(35)37-27(3,4)5/h8-9,15,17-19H,10-14,16H2,1-7H3,(H,28,34)(H,30,35). The van der Waals surface area contributed by atoms with Crippen molar-refractivity contribution < 1.29 is 23.9 Å². The molecule has 2 aromatic heterocycles. The summed E-state index contributed by atoms with van der Waals surface area (Å²) in [6.07, 6.45) is 1.26. The number of carbonyl (C=O) groups is 3. The van der Waals surface area contributed by atoms with Crippen molar-refractivity contribution in [3.8, 4) is 0 Å². The van der Waals surface area contributed by atoms with Crippen LogP contribution in [0, 0.1) is 0 Å². The fourth-order valence-corrected chi connectivity index (χ4v) is 4.08. The Bertz CT molecular complexity index is 1050. The van der Waals surface area contributed by atoms with Gasteiger partial charge in [-0.2, -0.15) is 0 Å². The van der Waals surface area contributed by atoms with Gasteiger partial charge in [0.2, 0.25) is 0 Å². The molecule has 0 bridgehead atoms. The Morgan fingerprint density at radius 2 is 1.84 bits per heavy atom. The van der Waals surface area contributed by atoms with Gasteiger partial charge < -0.3 is 24.6 Å². The predicted molar refractivity (Wildman–Crippen MR) is 150 cm³/mol. The molecule has 0 aliphatic carbocycles. The molecule has 2 heterocycles. The highest BCUT2D eigenvalue weighted by atomic mass is 32.1. The largest absolute Gasteiger partial charge is 0.444 e. The summed E-state index contributed by atoms with van der Waals surface area (Å²) in [5, 5.41) is 9.20. The van der Waals surface area contributed by atoms with E-state index in [2.05, 4.69) is 15.6 Å². The summed E-state index contributed by atoms with van der Waals surface area (Å²) < 4.78 is 10.8. The SMILES string of the molecule is CC(C)OCCNC(=O)N(CCN(C)C)Cc1ccc(C(=O)Cc2cscc2NC(=O)OC(C)(C)C)nc1. The fraction of sp³-hybridized carbons (Fsp3) is 0.556. The molecule has 0 radical (unpaired) electrons. The van der Waals surface area contributed by atoms with Crippen LogP contribution >= 0.6 is 11.3 Å². The van der Waals surface area contributed by atoms with Crippen LogP contribution in [0.4, 0.5) is 15.3 Å². The number of amides is 3. The number of nitrogens with zero attached hydrogens (tertiary/aromatic N) is 3. The summed E-state index contributed by atoms with van der Waals surface area (Å²) in [5.41, 5.74) is 1.77. The van der Waals surface area contributed by atoms with Gasteiger partial charge in [-0.25, -0.2) is 9.59 Å². The minimum absolute atomic E-state index is 0.0940. The third-order valence-electron chi connectivity index (χ3n) is 5.15. The van der Waals surface area contributed by atoms with Crippen LogP contribution in [-0.2, 0) is 22.4 Å². The van der Waals surface area contributed by atoms with Crippen molar-refractivity contribution in [1.82, 2.24) is 20.1 Å². The minimum atomic E-state index is -0.618. The molecule has 0 aliphatic rings. The molecule has 3 amide bonds. The van der Waals surface area contributed by atoms with E-state index in [0.29, 0.717) is 49.7 Å². The van der Waals surface area contributed by atoms with Gasteiger partial charge in [0.1, 0.15) is 11.3 Å². The van der Waals surface area contributed by atoms with Crippen LogP contribution in [0.15, 0.2) is 29.1 Å². The van der Waals surface area contributed by atoms with Crippen molar-refractivity contribution in [2.24, 2.45) is 0 Å². The molecule has 10 nitrogen and oxygen atoms in total. The van der Waals surface area contributed by atoms with Crippen LogP contribution in [0.1, 0.15) is 56.2 Å². The number of aromatic nitrogens is 1. The van der Waals surface area contributed by atoms with Crippen LogP contribution in [0.25, 0.3) is 0 Å². The van der Waals surface area contributed by atoms with Gasteiger partial charge >= 0.3 is 12.1 Å². The number of pyridine rings is 1. The smallest absolute Gasteiger partial charge is 0.412 e. The fourth-order valence-electron chi connectivity index (χ4n) is 3.29. The Hall–Kier alpha value is -3.02. The van der Waals surface area contributed by atoms with Crippen molar-refractivity contribution in [3.63, 3.8) is 0 Å². The number of hydrogen-bond donors (Lipinski definition) is 2. The molecule has 0 fully saturated rings. The lowest BCUT2D eigenvalue weighted by atomic mass is 10.1. The quantitative estimate of drug-likeness (QED) is 0.282. The van der Waals surface area contributed by atoms with Crippen LogP contribution in [0.5, 0.6) is 0 Å². The highest BCUT2D eigenvalue weighted by molar-refractivity contribution is 7.08. The highest BCUT2D eigenvalue weighted by Crippen LogP contribution is 2.23. The van der Waals surface area contributed by atoms with E-state index in [-0.39, 0.29) is 24.3 Å². The summed E-state index contributed by atoms with van der Waals surface area (Å²) in [7, 11) is 3.91. The van der Waals surface area contributed by atoms with E-state index in [1.54, 1.807) is 43.3 Å². The molecule has 210 valence electrons. The maximum atomic E-state index is 12.9.